The Kier molecular flexibility index (Phi) is 10.7. The maximum atomic E-state index is 12.7. The summed E-state index contributed by atoms with van der Waals surface area (Å²) in [5.74, 6) is 1.41. The first kappa shape index (κ1) is 23.4. The van der Waals surface area contributed by atoms with Gasteiger partial charge in [-0.15, -0.1) is 0 Å². The van der Waals surface area contributed by atoms with Gasteiger partial charge in [-0.05, 0) is 45.7 Å². The molecule has 0 fully saturated rings. The van der Waals surface area contributed by atoms with Crippen LogP contribution in [0.25, 0.3) is 0 Å². The van der Waals surface area contributed by atoms with Gasteiger partial charge in [0.15, 0.2) is 5.52 Å². The number of hydrogen-bond acceptors (Lipinski definition) is 3. The van der Waals surface area contributed by atoms with E-state index >= 15 is 0 Å². The van der Waals surface area contributed by atoms with E-state index in [0.717, 1.165) is 23.9 Å². The Bertz CT molecular complexity index is 727. The zero-order valence-corrected chi connectivity index (χ0v) is 17.8. The largest absolute Gasteiger partial charge is 1.00 e. The SMILES string of the molecule is CCCOc1ccc(PC(=O)c2c(Cl)cccc2Cl)c(OCCC)c1.[H-].[Li+]. The number of carbonyl (C=O) groups excluding carboxylic acids is 1. The summed E-state index contributed by atoms with van der Waals surface area (Å²) in [7, 11) is -0.131. The second-order valence-corrected chi connectivity index (χ2v) is 7.46. The summed E-state index contributed by atoms with van der Waals surface area (Å²) in [5, 5.41) is 1.55. The molecular formula is C19H22Cl2LiO3P. The first-order valence-electron chi connectivity index (χ1n) is 8.21. The van der Waals surface area contributed by atoms with E-state index in [2.05, 4.69) is 6.92 Å². The molecular weight excluding hydrogens is 385 g/mol. The zero-order valence-electron chi connectivity index (χ0n) is 16.3. The van der Waals surface area contributed by atoms with Gasteiger partial charge >= 0.3 is 18.9 Å². The van der Waals surface area contributed by atoms with Crippen LogP contribution in [-0.4, -0.2) is 18.7 Å². The summed E-state index contributed by atoms with van der Waals surface area (Å²) in [6, 6.07) is 10.6. The van der Waals surface area contributed by atoms with E-state index in [1.807, 2.05) is 25.1 Å². The molecule has 0 saturated heterocycles. The number of halogens is 2. The van der Waals surface area contributed by atoms with Crippen molar-refractivity contribution in [3.63, 3.8) is 0 Å². The van der Waals surface area contributed by atoms with Gasteiger partial charge in [-0.3, -0.25) is 4.79 Å². The van der Waals surface area contributed by atoms with Gasteiger partial charge in [0.2, 0.25) is 0 Å². The average Bonchev–Trinajstić information content (AvgIpc) is 2.59. The number of carbonyl (C=O) groups is 1. The first-order chi connectivity index (χ1) is 12.1. The number of ether oxygens (including phenoxy) is 2. The van der Waals surface area contributed by atoms with Crippen LogP contribution in [0.2, 0.25) is 10.0 Å². The summed E-state index contributed by atoms with van der Waals surface area (Å²) in [5.41, 5.74) is 0.246. The topological polar surface area (TPSA) is 35.5 Å². The van der Waals surface area contributed by atoms with Crippen LogP contribution in [0, 0.1) is 0 Å². The van der Waals surface area contributed by atoms with Crippen molar-refractivity contribution in [2.75, 3.05) is 13.2 Å². The van der Waals surface area contributed by atoms with E-state index < -0.39 is 0 Å². The molecule has 0 saturated carbocycles. The van der Waals surface area contributed by atoms with E-state index in [1.165, 1.54) is 0 Å². The van der Waals surface area contributed by atoms with Gasteiger partial charge in [0.1, 0.15) is 11.5 Å². The fourth-order valence-electron chi connectivity index (χ4n) is 2.15. The molecule has 3 nitrogen and oxygen atoms in total. The van der Waals surface area contributed by atoms with Gasteiger partial charge in [0.25, 0.3) is 0 Å². The molecule has 0 aliphatic heterocycles. The van der Waals surface area contributed by atoms with Crippen molar-refractivity contribution >= 4 is 42.6 Å². The normalized spacial score (nSPS) is 10.6. The molecule has 2 aromatic rings. The Morgan fingerprint density at radius 2 is 1.65 bits per heavy atom. The van der Waals surface area contributed by atoms with Gasteiger partial charge < -0.3 is 10.9 Å². The van der Waals surface area contributed by atoms with Gasteiger partial charge in [-0.1, -0.05) is 43.1 Å². The van der Waals surface area contributed by atoms with E-state index in [4.69, 9.17) is 32.7 Å². The molecule has 1 atom stereocenters. The number of rotatable bonds is 9. The fourth-order valence-corrected chi connectivity index (χ4v) is 3.95. The zero-order chi connectivity index (χ0) is 18.2. The molecule has 7 heteroatoms. The second kappa shape index (κ2) is 11.9. The van der Waals surface area contributed by atoms with E-state index in [1.54, 1.807) is 18.2 Å². The van der Waals surface area contributed by atoms with Crippen LogP contribution in [0.15, 0.2) is 36.4 Å². The summed E-state index contributed by atoms with van der Waals surface area (Å²) in [4.78, 5) is 12.7. The Morgan fingerprint density at radius 1 is 1.04 bits per heavy atom. The third-order valence-corrected chi connectivity index (χ3v) is 5.12. The Hall–Kier alpha value is -0.683. The van der Waals surface area contributed by atoms with E-state index in [9.17, 15) is 4.79 Å². The van der Waals surface area contributed by atoms with E-state index in [-0.39, 0.29) is 34.4 Å². The maximum absolute atomic E-state index is 12.7. The molecule has 0 aliphatic carbocycles. The van der Waals surface area contributed by atoms with Crippen molar-refractivity contribution < 1.29 is 34.6 Å². The Balaban J connectivity index is 0.00000338. The molecule has 2 aromatic carbocycles. The molecule has 0 spiro atoms. The third kappa shape index (κ3) is 6.49. The summed E-state index contributed by atoms with van der Waals surface area (Å²) in [6.07, 6.45) is 1.81. The van der Waals surface area contributed by atoms with Crippen LogP contribution in [0.1, 0.15) is 38.5 Å². The molecule has 26 heavy (non-hydrogen) atoms. The molecule has 1 unspecified atom stereocenters. The maximum Gasteiger partial charge on any atom is 1.00 e. The standard InChI is InChI=1S/C19H21Cl2O3P.Li.H/c1-3-10-23-13-8-9-17(16(12-13)24-11-4-2)25-19(22)18-14(20)6-5-7-15(18)21;;/h5-9,12,25H,3-4,10-11H2,1-2H3;;/q;+1;-1. The van der Waals surface area contributed by atoms with Gasteiger partial charge in [0.05, 0.1) is 28.8 Å². The molecule has 0 heterocycles. The van der Waals surface area contributed by atoms with Crippen molar-refractivity contribution in [2.24, 2.45) is 0 Å². The van der Waals surface area contributed by atoms with Crippen LogP contribution in [0.5, 0.6) is 11.5 Å². The molecule has 0 N–H and O–H groups in total. The summed E-state index contributed by atoms with van der Waals surface area (Å²) >= 11 is 12.3. The van der Waals surface area contributed by atoms with Crippen LogP contribution in [0.4, 0.5) is 0 Å². The van der Waals surface area contributed by atoms with Crippen molar-refractivity contribution in [3.05, 3.63) is 52.0 Å². The van der Waals surface area contributed by atoms with Crippen molar-refractivity contribution in [1.29, 1.82) is 0 Å². The van der Waals surface area contributed by atoms with Gasteiger partial charge in [-0.2, -0.15) is 0 Å². The smallest absolute Gasteiger partial charge is 1.00 e. The predicted octanol–water partition coefficient (Wildman–Crippen LogP) is 2.83. The average molecular weight is 407 g/mol. The van der Waals surface area contributed by atoms with Crippen molar-refractivity contribution in [2.45, 2.75) is 26.7 Å². The minimum absolute atomic E-state index is 0. The van der Waals surface area contributed by atoms with E-state index in [0.29, 0.717) is 34.6 Å². The Morgan fingerprint density at radius 3 is 2.27 bits per heavy atom. The van der Waals surface area contributed by atoms with Crippen molar-refractivity contribution in [1.82, 2.24) is 0 Å². The monoisotopic (exact) mass is 406 g/mol. The van der Waals surface area contributed by atoms with Crippen molar-refractivity contribution in [3.8, 4) is 11.5 Å². The second-order valence-electron chi connectivity index (χ2n) is 5.41. The van der Waals surface area contributed by atoms with Gasteiger partial charge in [0, 0.05) is 11.4 Å². The molecule has 0 aromatic heterocycles. The number of benzene rings is 2. The number of hydrogen-bond donors (Lipinski definition) is 0. The van der Waals surface area contributed by atoms with Crippen LogP contribution in [0.3, 0.4) is 0 Å². The molecule has 2 rings (SSSR count). The minimum atomic E-state index is -0.131. The van der Waals surface area contributed by atoms with Crippen LogP contribution < -0.4 is 33.6 Å². The first-order valence-corrected chi connectivity index (χ1v) is 9.97. The minimum Gasteiger partial charge on any atom is -1.00 e. The molecule has 0 aliphatic rings. The van der Waals surface area contributed by atoms with Crippen LogP contribution in [-0.2, 0) is 0 Å². The van der Waals surface area contributed by atoms with Gasteiger partial charge in [-0.25, -0.2) is 0 Å². The third-order valence-electron chi connectivity index (χ3n) is 3.33. The molecule has 136 valence electrons. The van der Waals surface area contributed by atoms with Crippen LogP contribution >= 0.6 is 31.8 Å². The molecule has 0 bridgehead atoms. The summed E-state index contributed by atoms with van der Waals surface area (Å²) in [6.45, 7) is 5.31. The quantitative estimate of drug-likeness (QED) is 0.474. The Labute approximate surface area is 180 Å². The summed E-state index contributed by atoms with van der Waals surface area (Å²) < 4.78 is 11.5. The fraction of sp³-hybridized carbons (Fsp3) is 0.316. The predicted molar refractivity (Wildman–Crippen MR) is 108 cm³/mol. The molecule has 0 radical (unpaired) electrons. The molecule has 0 amide bonds.